The van der Waals surface area contributed by atoms with Gasteiger partial charge in [0.25, 0.3) is 0 Å². The van der Waals surface area contributed by atoms with Gasteiger partial charge in [0, 0.05) is 17.0 Å². The van der Waals surface area contributed by atoms with Gasteiger partial charge in [-0.05, 0) is 29.8 Å². The summed E-state index contributed by atoms with van der Waals surface area (Å²) in [6, 6.07) is 13.3. The molecule has 0 radical (unpaired) electrons. The predicted octanol–water partition coefficient (Wildman–Crippen LogP) is 3.90. The van der Waals surface area contributed by atoms with Crippen LogP contribution in [-0.2, 0) is 5.75 Å². The average Bonchev–Trinajstić information content (AvgIpc) is 2.38. The molecular formula is C13H9ClN2S. The van der Waals surface area contributed by atoms with Crippen LogP contribution in [0.1, 0.15) is 11.1 Å². The van der Waals surface area contributed by atoms with Crippen LogP contribution in [-0.4, -0.2) is 4.98 Å². The minimum atomic E-state index is 0.638. The maximum Gasteiger partial charge on any atom is 0.0993 e. The summed E-state index contributed by atoms with van der Waals surface area (Å²) in [7, 11) is 0. The predicted molar refractivity (Wildman–Crippen MR) is 70.0 cm³/mol. The van der Waals surface area contributed by atoms with Crippen LogP contribution < -0.4 is 0 Å². The number of nitrogens with zero attached hydrogens (tertiary/aromatic N) is 2. The van der Waals surface area contributed by atoms with Crippen molar-refractivity contribution in [3.8, 4) is 6.07 Å². The number of hydrogen-bond donors (Lipinski definition) is 0. The molecule has 2 rings (SSSR count). The Bertz CT molecular complexity index is 546. The third-order valence-electron chi connectivity index (χ3n) is 2.16. The molecule has 1 aromatic heterocycles. The molecule has 0 amide bonds. The summed E-state index contributed by atoms with van der Waals surface area (Å²) in [4.78, 5) is 4.21. The van der Waals surface area contributed by atoms with Crippen LogP contribution in [0.3, 0.4) is 0 Å². The van der Waals surface area contributed by atoms with E-state index < -0.39 is 0 Å². The van der Waals surface area contributed by atoms with Gasteiger partial charge in [-0.1, -0.05) is 23.7 Å². The fourth-order valence-electron chi connectivity index (χ4n) is 1.30. The summed E-state index contributed by atoms with van der Waals surface area (Å²) in [5, 5.41) is 10.4. The minimum Gasteiger partial charge on any atom is -0.250 e. The van der Waals surface area contributed by atoms with E-state index in [0.29, 0.717) is 5.56 Å². The van der Waals surface area contributed by atoms with E-state index in [1.54, 1.807) is 30.1 Å². The number of benzene rings is 1. The van der Waals surface area contributed by atoms with Crippen molar-refractivity contribution in [1.82, 2.24) is 4.98 Å². The first kappa shape index (κ1) is 12.0. The van der Waals surface area contributed by atoms with Crippen LogP contribution in [0.5, 0.6) is 0 Å². The molecule has 84 valence electrons. The van der Waals surface area contributed by atoms with Gasteiger partial charge in [-0.15, -0.1) is 11.8 Å². The second kappa shape index (κ2) is 5.72. The lowest BCUT2D eigenvalue weighted by Crippen LogP contribution is -1.84. The number of pyridine rings is 1. The van der Waals surface area contributed by atoms with Crippen molar-refractivity contribution >= 4 is 23.4 Å². The zero-order valence-electron chi connectivity index (χ0n) is 8.93. The zero-order chi connectivity index (χ0) is 12.1. The van der Waals surface area contributed by atoms with E-state index in [-0.39, 0.29) is 0 Å². The molecule has 0 N–H and O–H groups in total. The molecule has 17 heavy (non-hydrogen) atoms. The summed E-state index contributed by atoms with van der Waals surface area (Å²) in [6.45, 7) is 0. The molecule has 2 aromatic rings. The van der Waals surface area contributed by atoms with Crippen molar-refractivity contribution in [2.75, 3.05) is 0 Å². The Balaban J connectivity index is 2.02. The average molecular weight is 261 g/mol. The van der Waals surface area contributed by atoms with Crippen LogP contribution in [0.4, 0.5) is 0 Å². The number of hydrogen-bond acceptors (Lipinski definition) is 3. The first-order valence-electron chi connectivity index (χ1n) is 5.01. The first-order valence-corrected chi connectivity index (χ1v) is 6.38. The van der Waals surface area contributed by atoms with Gasteiger partial charge in [-0.2, -0.15) is 5.26 Å². The molecule has 0 saturated heterocycles. The maximum absolute atomic E-state index is 8.78. The molecule has 0 saturated carbocycles. The fourth-order valence-corrected chi connectivity index (χ4v) is 2.27. The molecule has 0 atom stereocenters. The third kappa shape index (κ3) is 3.48. The SMILES string of the molecule is N#Cc1ccnc(SCc2ccc(Cl)cc2)c1. The zero-order valence-corrected chi connectivity index (χ0v) is 10.5. The Labute approximate surface area is 109 Å². The molecule has 4 heteroatoms. The van der Waals surface area contributed by atoms with E-state index in [1.165, 1.54) is 5.56 Å². The van der Waals surface area contributed by atoms with Crippen molar-refractivity contribution in [2.45, 2.75) is 10.8 Å². The molecule has 2 nitrogen and oxygen atoms in total. The lowest BCUT2D eigenvalue weighted by molar-refractivity contribution is 1.12. The first-order chi connectivity index (χ1) is 8.28. The molecular weight excluding hydrogens is 252 g/mol. The van der Waals surface area contributed by atoms with Gasteiger partial charge in [0.15, 0.2) is 0 Å². The number of nitriles is 1. The molecule has 0 aliphatic heterocycles. The van der Waals surface area contributed by atoms with Gasteiger partial charge in [-0.25, -0.2) is 4.98 Å². The topological polar surface area (TPSA) is 36.7 Å². The maximum atomic E-state index is 8.78. The number of halogens is 1. The summed E-state index contributed by atoms with van der Waals surface area (Å²) < 4.78 is 0. The largest absolute Gasteiger partial charge is 0.250 e. The second-order valence-corrected chi connectivity index (χ2v) is 4.84. The normalized spacial score (nSPS) is 9.88. The van der Waals surface area contributed by atoms with E-state index in [0.717, 1.165) is 15.8 Å². The van der Waals surface area contributed by atoms with Crippen molar-refractivity contribution in [3.63, 3.8) is 0 Å². The Morgan fingerprint density at radius 3 is 2.71 bits per heavy atom. The highest BCUT2D eigenvalue weighted by molar-refractivity contribution is 7.98. The Kier molecular flexibility index (Phi) is 4.03. The van der Waals surface area contributed by atoms with Crippen molar-refractivity contribution in [2.24, 2.45) is 0 Å². The Morgan fingerprint density at radius 1 is 1.24 bits per heavy atom. The number of rotatable bonds is 3. The van der Waals surface area contributed by atoms with Gasteiger partial charge in [0.2, 0.25) is 0 Å². The van der Waals surface area contributed by atoms with Crippen LogP contribution >= 0.6 is 23.4 Å². The Morgan fingerprint density at radius 2 is 2.00 bits per heavy atom. The molecule has 0 fully saturated rings. The van der Waals surface area contributed by atoms with Crippen LogP contribution in [0.25, 0.3) is 0 Å². The molecule has 0 spiro atoms. The summed E-state index contributed by atoms with van der Waals surface area (Å²) in [5.41, 5.74) is 1.82. The lowest BCUT2D eigenvalue weighted by atomic mass is 10.2. The monoisotopic (exact) mass is 260 g/mol. The highest BCUT2D eigenvalue weighted by atomic mass is 35.5. The van der Waals surface area contributed by atoms with E-state index in [1.807, 2.05) is 24.3 Å². The highest BCUT2D eigenvalue weighted by Gasteiger charge is 1.99. The van der Waals surface area contributed by atoms with E-state index in [2.05, 4.69) is 11.1 Å². The van der Waals surface area contributed by atoms with E-state index in [4.69, 9.17) is 16.9 Å². The Hall–Kier alpha value is -1.50. The molecule has 0 aliphatic rings. The van der Waals surface area contributed by atoms with Gasteiger partial charge >= 0.3 is 0 Å². The third-order valence-corrected chi connectivity index (χ3v) is 3.41. The van der Waals surface area contributed by atoms with Crippen LogP contribution in [0.15, 0.2) is 47.6 Å². The van der Waals surface area contributed by atoms with Crippen LogP contribution in [0.2, 0.25) is 5.02 Å². The van der Waals surface area contributed by atoms with E-state index in [9.17, 15) is 0 Å². The smallest absolute Gasteiger partial charge is 0.0993 e. The number of aromatic nitrogens is 1. The van der Waals surface area contributed by atoms with Gasteiger partial charge in [-0.3, -0.25) is 0 Å². The van der Waals surface area contributed by atoms with E-state index >= 15 is 0 Å². The van der Waals surface area contributed by atoms with Crippen molar-refractivity contribution in [1.29, 1.82) is 5.26 Å². The standard InChI is InChI=1S/C13H9ClN2S/c14-12-3-1-10(2-4-12)9-17-13-7-11(8-15)5-6-16-13/h1-7H,9H2. The quantitative estimate of drug-likeness (QED) is 0.786. The molecule has 0 bridgehead atoms. The fraction of sp³-hybridized carbons (Fsp3) is 0.0769. The summed E-state index contributed by atoms with van der Waals surface area (Å²) in [5.74, 6) is 0.819. The summed E-state index contributed by atoms with van der Waals surface area (Å²) >= 11 is 7.42. The number of thioether (sulfide) groups is 1. The van der Waals surface area contributed by atoms with Gasteiger partial charge in [0.1, 0.15) is 0 Å². The van der Waals surface area contributed by atoms with Crippen molar-refractivity contribution < 1.29 is 0 Å². The molecule has 1 heterocycles. The lowest BCUT2D eigenvalue weighted by Gasteiger charge is -2.01. The van der Waals surface area contributed by atoms with Gasteiger partial charge < -0.3 is 0 Å². The van der Waals surface area contributed by atoms with Crippen molar-refractivity contribution in [3.05, 3.63) is 58.7 Å². The molecule has 0 aliphatic carbocycles. The summed E-state index contributed by atoms with van der Waals surface area (Å²) in [6.07, 6.45) is 1.66. The second-order valence-electron chi connectivity index (χ2n) is 3.41. The van der Waals surface area contributed by atoms with Gasteiger partial charge in [0.05, 0.1) is 16.7 Å². The molecule has 0 unspecified atom stereocenters. The van der Waals surface area contributed by atoms with Crippen LogP contribution in [0, 0.1) is 11.3 Å². The minimum absolute atomic E-state index is 0.638. The molecule has 1 aromatic carbocycles. The highest BCUT2D eigenvalue weighted by Crippen LogP contribution is 2.22.